The van der Waals surface area contributed by atoms with E-state index in [1.807, 2.05) is 18.2 Å². The molecule has 96 heavy (non-hydrogen) atoms. The average Bonchev–Trinajstić information content (AvgIpc) is 1.14. The summed E-state index contributed by atoms with van der Waals surface area (Å²) in [5.41, 5.74) is 0. The molecular weight excluding hydrogens is 1260 g/mol. The molecule has 0 heterocycles. The van der Waals surface area contributed by atoms with Gasteiger partial charge in [-0.2, -0.15) is 0 Å². The van der Waals surface area contributed by atoms with Gasteiger partial charge in [0.15, 0.2) is 12.2 Å². The van der Waals surface area contributed by atoms with Crippen LogP contribution in [0.4, 0.5) is 0 Å². The van der Waals surface area contributed by atoms with Crippen molar-refractivity contribution >= 4 is 39.5 Å². The van der Waals surface area contributed by atoms with Gasteiger partial charge in [0.05, 0.1) is 32.8 Å². The Kier molecular flexibility index (Phi) is 65.7. The highest BCUT2D eigenvalue weighted by Gasteiger charge is 2.30. The molecule has 3 N–H and O–H groups in total. The Morgan fingerprint density at radius 3 is 1.00 bits per heavy atom. The van der Waals surface area contributed by atoms with Crippen molar-refractivity contribution in [3.8, 4) is 0 Å². The fraction of sp³-hybridized carbons (Fsp3) is 0.688. The van der Waals surface area contributed by atoms with Crippen LogP contribution in [0.2, 0.25) is 0 Å². The average molecular weight is 1390 g/mol. The lowest BCUT2D eigenvalue weighted by Gasteiger charge is -2.21. The van der Waals surface area contributed by atoms with Gasteiger partial charge in [-0.05, 0) is 135 Å². The number of hydrogen-bond acceptors (Lipinski definition) is 15. The minimum absolute atomic E-state index is 0.0565. The van der Waals surface area contributed by atoms with Crippen LogP contribution < -0.4 is 0 Å². The minimum atomic E-state index is -5.00. The second-order valence-corrected chi connectivity index (χ2v) is 27.1. The smallest absolute Gasteiger partial charge is 0.462 e. The fourth-order valence-corrected chi connectivity index (χ4v) is 10.9. The summed E-state index contributed by atoms with van der Waals surface area (Å²) in [6.45, 7) is 4.48. The molecule has 0 aliphatic rings. The van der Waals surface area contributed by atoms with Gasteiger partial charge in [-0.25, -0.2) is 9.13 Å². The van der Waals surface area contributed by atoms with Crippen LogP contribution in [0, 0.1) is 0 Å². The number of unbranched alkanes of at least 4 members (excludes halogenated alkanes) is 23. The van der Waals surface area contributed by atoms with Crippen molar-refractivity contribution in [2.75, 3.05) is 39.6 Å². The van der Waals surface area contributed by atoms with Crippen molar-refractivity contribution in [3.63, 3.8) is 0 Å². The Hall–Kier alpha value is -4.54. The third-order valence-electron chi connectivity index (χ3n) is 14.9. The minimum Gasteiger partial charge on any atom is -0.462 e. The fourth-order valence-electron chi connectivity index (χ4n) is 9.30. The molecule has 0 saturated heterocycles. The van der Waals surface area contributed by atoms with Gasteiger partial charge >= 0.3 is 39.5 Å². The first kappa shape index (κ1) is 91.5. The first-order chi connectivity index (χ1) is 46.7. The van der Waals surface area contributed by atoms with E-state index in [-0.39, 0.29) is 25.7 Å². The summed E-state index contributed by atoms with van der Waals surface area (Å²) in [5, 5.41) is 10.6. The molecule has 5 atom stereocenters. The number of hydrogen-bond donors (Lipinski definition) is 3. The quantitative estimate of drug-likeness (QED) is 0.0169. The predicted octanol–water partition coefficient (Wildman–Crippen LogP) is 20.8. The second-order valence-electron chi connectivity index (χ2n) is 24.2. The third-order valence-corrected chi connectivity index (χ3v) is 16.8. The molecule has 0 aromatic rings. The molecule has 0 aliphatic carbocycles. The van der Waals surface area contributed by atoms with E-state index >= 15 is 0 Å². The number of phosphoric ester groups is 2. The van der Waals surface area contributed by atoms with Gasteiger partial charge < -0.3 is 33.8 Å². The summed E-state index contributed by atoms with van der Waals surface area (Å²) < 4.78 is 68.2. The van der Waals surface area contributed by atoms with E-state index in [9.17, 15) is 43.2 Å². The van der Waals surface area contributed by atoms with Crippen LogP contribution in [0.25, 0.3) is 0 Å². The molecule has 0 aromatic carbocycles. The van der Waals surface area contributed by atoms with E-state index in [0.29, 0.717) is 25.7 Å². The van der Waals surface area contributed by atoms with E-state index < -0.39 is 97.5 Å². The van der Waals surface area contributed by atoms with Crippen LogP contribution >= 0.6 is 15.6 Å². The molecule has 0 radical (unpaired) electrons. The molecule has 0 aliphatic heterocycles. The number of ether oxygens (including phenoxy) is 4. The first-order valence-corrected chi connectivity index (χ1v) is 39.8. The lowest BCUT2D eigenvalue weighted by atomic mass is 10.1. The van der Waals surface area contributed by atoms with Gasteiger partial charge in [-0.15, -0.1) is 0 Å². The number of esters is 4. The molecule has 19 heteroatoms. The highest BCUT2D eigenvalue weighted by atomic mass is 31.2. The lowest BCUT2D eigenvalue weighted by molar-refractivity contribution is -0.161. The van der Waals surface area contributed by atoms with Gasteiger partial charge in [-0.3, -0.25) is 37.3 Å². The monoisotopic (exact) mass is 1390 g/mol. The van der Waals surface area contributed by atoms with Crippen molar-refractivity contribution in [3.05, 3.63) is 122 Å². The van der Waals surface area contributed by atoms with Crippen LogP contribution in [0.15, 0.2) is 122 Å². The molecule has 0 bridgehead atoms. The van der Waals surface area contributed by atoms with Crippen molar-refractivity contribution in [2.45, 2.75) is 303 Å². The maximum Gasteiger partial charge on any atom is 0.472 e. The summed E-state index contributed by atoms with van der Waals surface area (Å²) in [4.78, 5) is 72.6. The molecule has 550 valence electrons. The van der Waals surface area contributed by atoms with Gasteiger partial charge in [-0.1, -0.05) is 246 Å². The van der Waals surface area contributed by atoms with E-state index in [1.54, 1.807) is 6.08 Å². The number of phosphoric acid groups is 2. The maximum atomic E-state index is 13.0. The lowest BCUT2D eigenvalue weighted by Crippen LogP contribution is -2.30. The number of rotatable bonds is 68. The Bertz CT molecular complexity index is 2300. The van der Waals surface area contributed by atoms with Crippen molar-refractivity contribution in [1.29, 1.82) is 0 Å². The molecule has 0 amide bonds. The van der Waals surface area contributed by atoms with Crippen molar-refractivity contribution in [2.24, 2.45) is 0 Å². The number of carbonyl (C=O) groups is 4. The Labute approximate surface area is 581 Å². The maximum absolute atomic E-state index is 13.0. The molecular formula is C77H130O17P2. The predicted molar refractivity (Wildman–Crippen MR) is 390 cm³/mol. The molecule has 0 aromatic heterocycles. The van der Waals surface area contributed by atoms with Crippen LogP contribution in [-0.2, 0) is 65.4 Å². The van der Waals surface area contributed by atoms with E-state index in [4.69, 9.17) is 37.0 Å². The van der Waals surface area contributed by atoms with E-state index in [0.717, 1.165) is 161 Å². The van der Waals surface area contributed by atoms with Gasteiger partial charge in [0.2, 0.25) is 0 Å². The zero-order chi connectivity index (χ0) is 70.4. The summed E-state index contributed by atoms with van der Waals surface area (Å²) in [6.07, 6.45) is 73.7. The number of aliphatic hydroxyl groups is 1. The summed E-state index contributed by atoms with van der Waals surface area (Å²) >= 11 is 0. The Balaban J connectivity index is 5.43. The molecule has 0 rings (SSSR count). The number of allylic oxidation sites excluding steroid dienone is 19. The Morgan fingerprint density at radius 1 is 0.312 bits per heavy atom. The SMILES string of the molecule is CC/C=C\C/C=C\C/C=C\C/C=C\C/C=C\CC(=O)OCC(COP(=O)(O)OCC(O)COP(=O)(O)OCC(COC(=O)CCCCCCC/C=C\C/C=C\CCCCC)OC(=O)CCCCCCC/C=C\CCCCCC)OC(=O)CCCCCCC/C=C\C/C=C\CCC. The van der Waals surface area contributed by atoms with Crippen molar-refractivity contribution < 1.29 is 80.2 Å². The standard InChI is InChI=1S/C77H130O17P2/c1-5-9-13-17-21-25-29-33-35-39-41-45-49-53-57-61-74(79)87-67-72(93-76(81)63-59-55-51-47-43-37-31-27-23-19-15-11-7-3)69-91-95(83,84)89-65-71(78)66-90-96(85,86)92-70-73(94-77(82)64-60-56-52-48-44-38-32-28-24-20-16-12-8-4)68-88-75(80)62-58-54-50-46-42-40-36-34-30-26-22-18-14-10-6-2/h9,13,15,19,21-22,25-28,31-36,41,45,53,57,71-73,78H,5-8,10-12,14,16-18,20,23-24,29-30,37-40,42-44,46-52,54-56,58-70H2,1-4H3,(H,83,84)(H,85,86)/b13-9-,19-15-,25-21-,26-22-,31-27-,32-28-,35-33-,36-34-,45-41-,57-53-. The van der Waals surface area contributed by atoms with Crippen LogP contribution in [0.5, 0.6) is 0 Å². The topological polar surface area (TPSA) is 237 Å². The normalized spacial score (nSPS) is 14.7. The highest BCUT2D eigenvalue weighted by molar-refractivity contribution is 7.47. The summed E-state index contributed by atoms with van der Waals surface area (Å²) in [7, 11) is -9.98. The van der Waals surface area contributed by atoms with E-state index in [2.05, 4.69) is 125 Å². The van der Waals surface area contributed by atoms with Gasteiger partial charge in [0.25, 0.3) is 0 Å². The molecule has 0 saturated carbocycles. The molecule has 0 spiro atoms. The first-order valence-electron chi connectivity index (χ1n) is 36.8. The highest BCUT2D eigenvalue weighted by Crippen LogP contribution is 2.45. The summed E-state index contributed by atoms with van der Waals surface area (Å²) in [6, 6.07) is 0. The van der Waals surface area contributed by atoms with Crippen LogP contribution in [-0.4, -0.2) is 96.7 Å². The van der Waals surface area contributed by atoms with E-state index in [1.165, 1.54) is 44.9 Å². The zero-order valence-electron chi connectivity index (χ0n) is 59.8. The van der Waals surface area contributed by atoms with Crippen LogP contribution in [0.1, 0.15) is 285 Å². The Morgan fingerprint density at radius 2 is 0.604 bits per heavy atom. The molecule has 17 nitrogen and oxygen atoms in total. The summed E-state index contributed by atoms with van der Waals surface area (Å²) in [5.74, 6) is -2.37. The van der Waals surface area contributed by atoms with Gasteiger partial charge in [0, 0.05) is 19.3 Å². The van der Waals surface area contributed by atoms with Crippen LogP contribution in [0.3, 0.4) is 0 Å². The number of aliphatic hydroxyl groups excluding tert-OH is 1. The molecule has 5 unspecified atom stereocenters. The third kappa shape index (κ3) is 68.0. The largest absolute Gasteiger partial charge is 0.472 e. The molecule has 0 fully saturated rings. The van der Waals surface area contributed by atoms with Gasteiger partial charge in [0.1, 0.15) is 19.3 Å². The zero-order valence-corrected chi connectivity index (χ0v) is 61.5. The second kappa shape index (κ2) is 69.0. The number of carbonyl (C=O) groups excluding carboxylic acids is 4. The van der Waals surface area contributed by atoms with Crippen molar-refractivity contribution in [1.82, 2.24) is 0 Å².